The molecule has 1 amide bonds. The van der Waals surface area contributed by atoms with Crippen LogP contribution in [0.5, 0.6) is 0 Å². The molecule has 2 N–H and O–H groups in total. The minimum absolute atomic E-state index is 0.253. The lowest BCUT2D eigenvalue weighted by Gasteiger charge is -2.08. The number of hydrogen-bond acceptors (Lipinski definition) is 3. The van der Waals surface area contributed by atoms with E-state index in [2.05, 4.69) is 46.8 Å². The molecule has 0 aliphatic heterocycles. The highest BCUT2D eigenvalue weighted by atomic mass is 19.1. The van der Waals surface area contributed by atoms with Crippen molar-refractivity contribution in [3.63, 3.8) is 0 Å². The van der Waals surface area contributed by atoms with Crippen LogP contribution in [0.2, 0.25) is 0 Å². The summed E-state index contributed by atoms with van der Waals surface area (Å²) in [6.07, 6.45) is 1.65. The third-order valence-corrected chi connectivity index (χ3v) is 3.71. The standard InChI is InChI=1S/C20H18FN3O/c1-14-5-7-15(8-6-14)12-22-18-9-10-19(23-13-18)24-20(25)16-3-2-4-17(21)11-16/h2-11,13,22H,12H2,1H3,(H,23,24,25). The van der Waals surface area contributed by atoms with Gasteiger partial charge in [-0.2, -0.15) is 0 Å². The van der Waals surface area contributed by atoms with Crippen molar-refractivity contribution in [3.8, 4) is 0 Å². The first-order chi connectivity index (χ1) is 12.1. The van der Waals surface area contributed by atoms with Crippen LogP contribution in [0.4, 0.5) is 15.9 Å². The summed E-state index contributed by atoms with van der Waals surface area (Å²) in [5, 5.41) is 5.92. The van der Waals surface area contributed by atoms with E-state index in [0.29, 0.717) is 12.4 Å². The molecule has 4 nitrogen and oxygen atoms in total. The molecule has 0 radical (unpaired) electrons. The number of hydrogen-bond donors (Lipinski definition) is 2. The van der Waals surface area contributed by atoms with Crippen LogP contribution >= 0.6 is 0 Å². The molecule has 2 aromatic carbocycles. The van der Waals surface area contributed by atoms with Gasteiger partial charge in [0.1, 0.15) is 11.6 Å². The van der Waals surface area contributed by atoms with Crippen molar-refractivity contribution in [1.29, 1.82) is 0 Å². The SMILES string of the molecule is Cc1ccc(CNc2ccc(NC(=O)c3cccc(F)c3)nc2)cc1. The first-order valence-electron chi connectivity index (χ1n) is 7.92. The molecule has 25 heavy (non-hydrogen) atoms. The van der Waals surface area contributed by atoms with E-state index in [9.17, 15) is 9.18 Å². The molecule has 3 aromatic rings. The number of amides is 1. The van der Waals surface area contributed by atoms with Crippen molar-refractivity contribution in [2.24, 2.45) is 0 Å². The minimum Gasteiger partial charge on any atom is -0.380 e. The highest BCUT2D eigenvalue weighted by molar-refractivity contribution is 6.03. The van der Waals surface area contributed by atoms with Gasteiger partial charge in [-0.25, -0.2) is 9.37 Å². The van der Waals surface area contributed by atoms with Crippen LogP contribution < -0.4 is 10.6 Å². The summed E-state index contributed by atoms with van der Waals surface area (Å²) in [7, 11) is 0. The highest BCUT2D eigenvalue weighted by Crippen LogP contribution is 2.13. The predicted octanol–water partition coefficient (Wildman–Crippen LogP) is 4.39. The number of benzene rings is 2. The summed E-state index contributed by atoms with van der Waals surface area (Å²) >= 11 is 0. The Bertz CT molecular complexity index is 861. The van der Waals surface area contributed by atoms with E-state index in [-0.39, 0.29) is 5.56 Å². The van der Waals surface area contributed by atoms with Crippen molar-refractivity contribution in [2.75, 3.05) is 10.6 Å². The monoisotopic (exact) mass is 335 g/mol. The van der Waals surface area contributed by atoms with E-state index < -0.39 is 11.7 Å². The summed E-state index contributed by atoms with van der Waals surface area (Å²) in [6.45, 7) is 2.74. The maximum absolute atomic E-state index is 13.2. The molecule has 3 rings (SSSR count). The van der Waals surface area contributed by atoms with Gasteiger partial charge in [0.25, 0.3) is 5.91 Å². The van der Waals surface area contributed by atoms with Gasteiger partial charge in [0.05, 0.1) is 11.9 Å². The van der Waals surface area contributed by atoms with Gasteiger partial charge < -0.3 is 10.6 Å². The van der Waals surface area contributed by atoms with E-state index in [0.717, 1.165) is 5.69 Å². The average Bonchev–Trinajstić information content (AvgIpc) is 2.62. The van der Waals surface area contributed by atoms with Gasteiger partial charge in [-0.1, -0.05) is 35.9 Å². The Balaban J connectivity index is 1.58. The molecular formula is C20H18FN3O. The second-order valence-corrected chi connectivity index (χ2v) is 5.74. The van der Waals surface area contributed by atoms with Gasteiger partial charge in [-0.3, -0.25) is 4.79 Å². The van der Waals surface area contributed by atoms with Crippen LogP contribution in [-0.2, 0) is 6.54 Å². The number of anilines is 2. The second kappa shape index (κ2) is 7.57. The molecule has 0 saturated heterocycles. The van der Waals surface area contributed by atoms with Crippen LogP contribution in [0.25, 0.3) is 0 Å². The predicted molar refractivity (Wildman–Crippen MR) is 97.1 cm³/mol. The Morgan fingerprint density at radius 1 is 1.08 bits per heavy atom. The van der Waals surface area contributed by atoms with Crippen molar-refractivity contribution in [2.45, 2.75) is 13.5 Å². The topological polar surface area (TPSA) is 54.0 Å². The number of pyridine rings is 1. The average molecular weight is 335 g/mol. The first-order valence-corrected chi connectivity index (χ1v) is 7.92. The molecule has 0 atom stereocenters. The molecule has 1 heterocycles. The summed E-state index contributed by atoms with van der Waals surface area (Å²) in [5.74, 6) is -0.432. The summed E-state index contributed by atoms with van der Waals surface area (Å²) in [5.41, 5.74) is 3.51. The summed E-state index contributed by atoms with van der Waals surface area (Å²) < 4.78 is 13.2. The van der Waals surface area contributed by atoms with Crippen LogP contribution in [0.15, 0.2) is 66.9 Å². The van der Waals surface area contributed by atoms with E-state index >= 15 is 0 Å². The Morgan fingerprint density at radius 2 is 1.88 bits per heavy atom. The fourth-order valence-corrected chi connectivity index (χ4v) is 2.30. The molecule has 0 aliphatic carbocycles. The fraction of sp³-hybridized carbons (Fsp3) is 0.100. The Kier molecular flexibility index (Phi) is 5.04. The number of nitrogens with one attached hydrogen (secondary N) is 2. The molecule has 1 aromatic heterocycles. The van der Waals surface area contributed by atoms with Crippen LogP contribution in [0.3, 0.4) is 0 Å². The zero-order chi connectivity index (χ0) is 17.6. The first kappa shape index (κ1) is 16.6. The number of carbonyl (C=O) groups excluding carboxylic acids is 1. The number of aryl methyl sites for hydroxylation is 1. The second-order valence-electron chi connectivity index (χ2n) is 5.74. The summed E-state index contributed by atoms with van der Waals surface area (Å²) in [4.78, 5) is 16.3. The zero-order valence-electron chi connectivity index (χ0n) is 13.8. The van der Waals surface area contributed by atoms with Gasteiger partial charge in [0, 0.05) is 12.1 Å². The van der Waals surface area contributed by atoms with Gasteiger partial charge in [-0.15, -0.1) is 0 Å². The van der Waals surface area contributed by atoms with Crippen molar-refractivity contribution >= 4 is 17.4 Å². The van der Waals surface area contributed by atoms with Crippen LogP contribution in [-0.4, -0.2) is 10.9 Å². The number of rotatable bonds is 5. The van der Waals surface area contributed by atoms with Crippen molar-refractivity contribution in [3.05, 3.63) is 89.4 Å². The van der Waals surface area contributed by atoms with E-state index in [1.165, 1.54) is 29.3 Å². The maximum Gasteiger partial charge on any atom is 0.256 e. The van der Waals surface area contributed by atoms with E-state index in [1.807, 2.05) is 6.07 Å². The van der Waals surface area contributed by atoms with Gasteiger partial charge in [0.15, 0.2) is 0 Å². The molecule has 5 heteroatoms. The third-order valence-electron chi connectivity index (χ3n) is 3.71. The fourth-order valence-electron chi connectivity index (χ4n) is 2.30. The van der Waals surface area contributed by atoms with E-state index in [1.54, 1.807) is 18.3 Å². The van der Waals surface area contributed by atoms with Gasteiger partial charge in [-0.05, 0) is 42.8 Å². The minimum atomic E-state index is -0.448. The molecular weight excluding hydrogens is 317 g/mol. The lowest BCUT2D eigenvalue weighted by atomic mass is 10.1. The van der Waals surface area contributed by atoms with Crippen molar-refractivity contribution < 1.29 is 9.18 Å². The van der Waals surface area contributed by atoms with Gasteiger partial charge in [0.2, 0.25) is 0 Å². The van der Waals surface area contributed by atoms with Crippen LogP contribution in [0, 0.1) is 12.7 Å². The molecule has 0 unspecified atom stereocenters. The Labute approximate surface area is 145 Å². The molecule has 0 fully saturated rings. The molecule has 0 spiro atoms. The largest absolute Gasteiger partial charge is 0.380 e. The van der Waals surface area contributed by atoms with Crippen molar-refractivity contribution in [1.82, 2.24) is 4.98 Å². The normalized spacial score (nSPS) is 10.3. The molecule has 0 bridgehead atoms. The molecule has 0 saturated carbocycles. The Hall–Kier alpha value is -3.21. The number of aromatic nitrogens is 1. The lowest BCUT2D eigenvalue weighted by molar-refractivity contribution is 0.102. The molecule has 0 aliphatic rings. The zero-order valence-corrected chi connectivity index (χ0v) is 13.8. The van der Waals surface area contributed by atoms with E-state index in [4.69, 9.17) is 0 Å². The highest BCUT2D eigenvalue weighted by Gasteiger charge is 2.07. The number of halogens is 1. The smallest absolute Gasteiger partial charge is 0.256 e. The van der Waals surface area contributed by atoms with Crippen LogP contribution in [0.1, 0.15) is 21.5 Å². The number of carbonyl (C=O) groups is 1. The Morgan fingerprint density at radius 3 is 2.56 bits per heavy atom. The van der Waals surface area contributed by atoms with Gasteiger partial charge >= 0.3 is 0 Å². The quantitative estimate of drug-likeness (QED) is 0.727. The number of nitrogens with zero attached hydrogens (tertiary/aromatic N) is 1. The lowest BCUT2D eigenvalue weighted by Crippen LogP contribution is -2.13. The summed E-state index contributed by atoms with van der Waals surface area (Å²) in [6, 6.07) is 17.4. The maximum atomic E-state index is 13.2. The third kappa shape index (κ3) is 4.64. The molecule has 126 valence electrons.